The Morgan fingerprint density at radius 2 is 2.30 bits per heavy atom. The molecule has 0 saturated heterocycles. The van der Waals surface area contributed by atoms with Gasteiger partial charge in [0.2, 0.25) is 5.91 Å². The van der Waals surface area contributed by atoms with Gasteiger partial charge in [0.15, 0.2) is 0 Å². The number of amides is 1. The van der Waals surface area contributed by atoms with Gasteiger partial charge in [-0.2, -0.15) is 8.75 Å². The third kappa shape index (κ3) is 2.58. The molecule has 1 aliphatic rings. The van der Waals surface area contributed by atoms with Crippen LogP contribution in [0.25, 0.3) is 11.0 Å². The molecule has 1 N–H and O–H groups in total. The number of benzene rings is 1. The molecule has 0 atom stereocenters. The minimum atomic E-state index is 0.103. The molecule has 1 aromatic carbocycles. The first-order valence-corrected chi connectivity index (χ1v) is 7.75. The minimum Gasteiger partial charge on any atom is -0.373 e. The zero-order valence-electron chi connectivity index (χ0n) is 11.1. The van der Waals surface area contributed by atoms with E-state index in [-0.39, 0.29) is 12.5 Å². The van der Waals surface area contributed by atoms with Crippen molar-refractivity contribution in [3.05, 3.63) is 17.2 Å². The van der Waals surface area contributed by atoms with E-state index in [1.165, 1.54) is 0 Å². The van der Waals surface area contributed by atoms with E-state index in [1.807, 2.05) is 17.9 Å². The summed E-state index contributed by atoms with van der Waals surface area (Å²) in [4.78, 5) is 14.1. The van der Waals surface area contributed by atoms with Crippen molar-refractivity contribution < 1.29 is 4.79 Å². The second-order valence-electron chi connectivity index (χ2n) is 4.82. The first-order chi connectivity index (χ1) is 9.70. The zero-order valence-corrected chi connectivity index (χ0v) is 12.7. The molecule has 7 heteroatoms. The molecule has 1 aromatic heterocycles. The maximum absolute atomic E-state index is 12.2. The lowest BCUT2D eigenvalue weighted by molar-refractivity contribution is -0.129. The van der Waals surface area contributed by atoms with Crippen LogP contribution in [0.1, 0.15) is 19.8 Å². The van der Waals surface area contributed by atoms with E-state index in [1.54, 1.807) is 6.07 Å². The number of hydrogen-bond donors (Lipinski definition) is 1. The van der Waals surface area contributed by atoms with Crippen LogP contribution in [0.2, 0.25) is 5.02 Å². The second-order valence-corrected chi connectivity index (χ2v) is 5.75. The smallest absolute Gasteiger partial charge is 0.242 e. The topological polar surface area (TPSA) is 58.1 Å². The number of hydrogen-bond acceptors (Lipinski definition) is 5. The number of rotatable bonds is 5. The number of halogens is 1. The van der Waals surface area contributed by atoms with Crippen LogP contribution in [-0.2, 0) is 4.79 Å². The van der Waals surface area contributed by atoms with E-state index in [9.17, 15) is 4.79 Å². The highest BCUT2D eigenvalue weighted by Gasteiger charge is 2.31. The van der Waals surface area contributed by atoms with Crippen molar-refractivity contribution in [2.24, 2.45) is 0 Å². The molecule has 0 radical (unpaired) electrons. The molecule has 1 heterocycles. The summed E-state index contributed by atoms with van der Waals surface area (Å²) >= 11 is 7.32. The van der Waals surface area contributed by atoms with Crippen LogP contribution in [0.3, 0.4) is 0 Å². The largest absolute Gasteiger partial charge is 0.373 e. The van der Waals surface area contributed by atoms with Crippen LogP contribution in [-0.4, -0.2) is 38.7 Å². The number of aromatic nitrogens is 2. The van der Waals surface area contributed by atoms with Crippen molar-refractivity contribution >= 4 is 46.0 Å². The molecule has 106 valence electrons. The van der Waals surface area contributed by atoms with Crippen molar-refractivity contribution in [3.63, 3.8) is 0 Å². The average molecular weight is 311 g/mol. The number of anilines is 1. The number of carbonyl (C=O) groups is 1. The standard InChI is InChI=1S/C13H15ClN4OS/c1-2-18(8-3-4-8)11(19)7-15-12-9(14)5-6-10-13(12)17-20-16-10/h5-6,8,15H,2-4,7H2,1H3. The second kappa shape index (κ2) is 5.54. The Hall–Kier alpha value is -1.40. The van der Waals surface area contributed by atoms with Gasteiger partial charge in [-0.15, -0.1) is 0 Å². The predicted molar refractivity (Wildman–Crippen MR) is 81.3 cm³/mol. The summed E-state index contributed by atoms with van der Waals surface area (Å²) < 4.78 is 8.40. The molecule has 1 amide bonds. The fourth-order valence-corrected chi connectivity index (χ4v) is 3.05. The van der Waals surface area contributed by atoms with E-state index in [4.69, 9.17) is 11.6 Å². The number of likely N-dealkylation sites (N-methyl/N-ethyl adjacent to an activating group) is 1. The Morgan fingerprint density at radius 3 is 3.00 bits per heavy atom. The zero-order chi connectivity index (χ0) is 14.1. The van der Waals surface area contributed by atoms with Gasteiger partial charge in [-0.3, -0.25) is 4.79 Å². The molecule has 3 rings (SSSR count). The molecule has 1 aliphatic carbocycles. The van der Waals surface area contributed by atoms with Crippen molar-refractivity contribution in [1.29, 1.82) is 0 Å². The van der Waals surface area contributed by atoms with Crippen LogP contribution < -0.4 is 5.32 Å². The van der Waals surface area contributed by atoms with E-state index in [0.29, 0.717) is 16.8 Å². The Balaban J connectivity index is 1.74. The summed E-state index contributed by atoms with van der Waals surface area (Å²) in [6, 6.07) is 4.04. The summed E-state index contributed by atoms with van der Waals surface area (Å²) in [5, 5.41) is 3.68. The first-order valence-electron chi connectivity index (χ1n) is 6.64. The highest BCUT2D eigenvalue weighted by atomic mass is 35.5. The maximum Gasteiger partial charge on any atom is 0.242 e. The third-order valence-corrected chi connectivity index (χ3v) is 4.30. The quantitative estimate of drug-likeness (QED) is 0.922. The van der Waals surface area contributed by atoms with Gasteiger partial charge in [-0.05, 0) is 31.9 Å². The van der Waals surface area contributed by atoms with Gasteiger partial charge >= 0.3 is 0 Å². The first kappa shape index (κ1) is 13.6. The Kier molecular flexibility index (Phi) is 3.76. The molecule has 0 bridgehead atoms. The van der Waals surface area contributed by atoms with Crippen LogP contribution in [0.15, 0.2) is 12.1 Å². The average Bonchev–Trinajstić information content (AvgIpc) is 3.15. The Bertz CT molecular complexity index is 640. The van der Waals surface area contributed by atoms with Crippen molar-refractivity contribution in [2.45, 2.75) is 25.8 Å². The van der Waals surface area contributed by atoms with Gasteiger partial charge in [0.25, 0.3) is 0 Å². The highest BCUT2D eigenvalue weighted by Crippen LogP contribution is 2.30. The van der Waals surface area contributed by atoms with Gasteiger partial charge < -0.3 is 10.2 Å². The minimum absolute atomic E-state index is 0.103. The monoisotopic (exact) mass is 310 g/mol. The van der Waals surface area contributed by atoms with Crippen molar-refractivity contribution in [3.8, 4) is 0 Å². The Labute approximate surface area is 126 Å². The van der Waals surface area contributed by atoms with E-state index < -0.39 is 0 Å². The molecule has 5 nitrogen and oxygen atoms in total. The molecule has 1 fully saturated rings. The van der Waals surface area contributed by atoms with Crippen molar-refractivity contribution in [2.75, 3.05) is 18.4 Å². The number of carbonyl (C=O) groups excluding carboxylic acids is 1. The highest BCUT2D eigenvalue weighted by molar-refractivity contribution is 7.00. The van der Waals surface area contributed by atoms with E-state index in [0.717, 1.165) is 42.1 Å². The molecule has 0 aliphatic heterocycles. The van der Waals surface area contributed by atoms with E-state index >= 15 is 0 Å². The van der Waals surface area contributed by atoms with Gasteiger partial charge in [-0.1, -0.05) is 11.6 Å². The molecule has 2 aromatic rings. The molecule has 0 spiro atoms. The summed E-state index contributed by atoms with van der Waals surface area (Å²) in [6.45, 7) is 3.00. The number of nitrogens with zero attached hydrogens (tertiary/aromatic N) is 3. The van der Waals surface area contributed by atoms with E-state index in [2.05, 4.69) is 14.1 Å². The van der Waals surface area contributed by atoms with Gasteiger partial charge in [0.05, 0.1) is 29.0 Å². The molecule has 20 heavy (non-hydrogen) atoms. The molecule has 0 unspecified atom stereocenters. The maximum atomic E-state index is 12.2. The van der Waals surface area contributed by atoms with Crippen molar-refractivity contribution in [1.82, 2.24) is 13.6 Å². The Morgan fingerprint density at radius 1 is 1.50 bits per heavy atom. The summed E-state index contributed by atoms with van der Waals surface area (Å²) in [6.07, 6.45) is 2.23. The normalized spacial score (nSPS) is 14.5. The fraction of sp³-hybridized carbons (Fsp3) is 0.462. The predicted octanol–water partition coefficient (Wildman–Crippen LogP) is 2.77. The summed E-state index contributed by atoms with van der Waals surface area (Å²) in [5.74, 6) is 0.103. The van der Waals surface area contributed by atoms with Crippen LogP contribution in [0.4, 0.5) is 5.69 Å². The SMILES string of the molecule is CCN(C(=O)CNc1c(Cl)ccc2nsnc12)C1CC1. The molecular formula is C13H15ClN4OS. The van der Waals surface area contributed by atoms with Gasteiger partial charge in [-0.25, -0.2) is 0 Å². The summed E-state index contributed by atoms with van der Waals surface area (Å²) in [7, 11) is 0. The lowest BCUT2D eigenvalue weighted by Crippen LogP contribution is -2.37. The number of fused-ring (bicyclic) bond motifs is 1. The van der Waals surface area contributed by atoms with Gasteiger partial charge in [0, 0.05) is 12.6 Å². The van der Waals surface area contributed by atoms with Gasteiger partial charge in [0.1, 0.15) is 11.0 Å². The third-order valence-electron chi connectivity index (χ3n) is 3.44. The molecular weight excluding hydrogens is 296 g/mol. The lowest BCUT2D eigenvalue weighted by Gasteiger charge is -2.21. The van der Waals surface area contributed by atoms with Crippen LogP contribution in [0.5, 0.6) is 0 Å². The molecule has 1 saturated carbocycles. The summed E-state index contributed by atoms with van der Waals surface area (Å²) in [5.41, 5.74) is 2.21. The fourth-order valence-electron chi connectivity index (χ4n) is 2.28. The van der Waals surface area contributed by atoms with Crippen LogP contribution in [0, 0.1) is 0 Å². The van der Waals surface area contributed by atoms with Crippen LogP contribution >= 0.6 is 23.3 Å². The lowest BCUT2D eigenvalue weighted by atomic mass is 10.2. The number of nitrogens with one attached hydrogen (secondary N) is 1.